The summed E-state index contributed by atoms with van der Waals surface area (Å²) in [5.74, 6) is 0.784. The van der Waals surface area contributed by atoms with Gasteiger partial charge in [-0.1, -0.05) is 12.1 Å². The Bertz CT molecular complexity index is 1140. The SMILES string of the molecule is O=C(Nc1ccncn1)N1c2nc(-c3cccc(C(F)(F)F)c3)ccc2N2CC[C@H]1C2. The Balaban J connectivity index is 1.54. The molecule has 0 saturated carbocycles. The molecule has 3 aromatic rings. The van der Waals surface area contributed by atoms with Gasteiger partial charge in [-0.2, -0.15) is 13.2 Å². The number of halogens is 3. The maximum Gasteiger partial charge on any atom is 0.416 e. The standard InChI is InChI=1S/C21H17F3N6O/c22-21(23,24)14-3-1-2-13(10-14)16-4-5-17-19(27-16)30(15-7-9-29(17)11-15)20(31)28-18-6-8-25-12-26-18/h1-6,8,10,12,15H,7,9,11H2,(H,25,26,28,31)/t15-/m0/s1. The summed E-state index contributed by atoms with van der Waals surface area (Å²) >= 11 is 0. The van der Waals surface area contributed by atoms with Crippen LogP contribution in [0.15, 0.2) is 55.0 Å². The van der Waals surface area contributed by atoms with Crippen molar-refractivity contribution in [2.24, 2.45) is 0 Å². The van der Waals surface area contributed by atoms with Crippen LogP contribution in [-0.2, 0) is 6.18 Å². The molecular formula is C21H17F3N6O. The number of alkyl halides is 3. The molecule has 2 aromatic heterocycles. The van der Waals surface area contributed by atoms with E-state index in [4.69, 9.17) is 0 Å². The van der Waals surface area contributed by atoms with Gasteiger partial charge in [0.1, 0.15) is 12.1 Å². The number of pyridine rings is 1. The number of fused-ring (bicyclic) bond motifs is 4. The van der Waals surface area contributed by atoms with E-state index in [2.05, 4.69) is 25.2 Å². The molecule has 0 radical (unpaired) electrons. The summed E-state index contributed by atoms with van der Waals surface area (Å²) in [5, 5.41) is 2.75. The second-order valence-electron chi connectivity index (χ2n) is 7.40. The van der Waals surface area contributed by atoms with Crippen LogP contribution in [-0.4, -0.2) is 40.1 Å². The van der Waals surface area contributed by atoms with Crippen LogP contribution < -0.4 is 15.1 Å². The molecule has 31 heavy (non-hydrogen) atoms. The molecule has 158 valence electrons. The number of nitrogens with one attached hydrogen (secondary N) is 1. The quantitative estimate of drug-likeness (QED) is 0.665. The van der Waals surface area contributed by atoms with Crippen molar-refractivity contribution in [3.8, 4) is 11.3 Å². The van der Waals surface area contributed by atoms with E-state index in [1.165, 1.54) is 18.6 Å². The highest BCUT2D eigenvalue weighted by molar-refractivity contribution is 6.04. The molecule has 1 atom stereocenters. The Labute approximate surface area is 175 Å². The van der Waals surface area contributed by atoms with Gasteiger partial charge in [-0.05, 0) is 36.8 Å². The number of anilines is 3. The summed E-state index contributed by atoms with van der Waals surface area (Å²) in [7, 11) is 0. The lowest BCUT2D eigenvalue weighted by atomic mass is 10.1. The molecule has 1 N–H and O–H groups in total. The van der Waals surface area contributed by atoms with Crippen LogP contribution >= 0.6 is 0 Å². The van der Waals surface area contributed by atoms with Crippen LogP contribution in [0, 0.1) is 0 Å². The minimum absolute atomic E-state index is 0.0846. The Morgan fingerprint density at radius 2 is 2.03 bits per heavy atom. The number of hydrogen-bond donors (Lipinski definition) is 1. The summed E-state index contributed by atoms with van der Waals surface area (Å²) in [6, 6.07) is 9.62. The molecule has 4 heterocycles. The highest BCUT2D eigenvalue weighted by Crippen LogP contribution is 2.41. The van der Waals surface area contributed by atoms with Crippen LogP contribution in [0.3, 0.4) is 0 Å². The average molecular weight is 426 g/mol. The predicted octanol–water partition coefficient (Wildman–Crippen LogP) is 4.19. The van der Waals surface area contributed by atoms with E-state index in [0.717, 1.165) is 30.8 Å². The average Bonchev–Trinajstić information content (AvgIpc) is 3.18. The fourth-order valence-electron chi connectivity index (χ4n) is 4.02. The summed E-state index contributed by atoms with van der Waals surface area (Å²) in [6.07, 6.45) is -0.819. The summed E-state index contributed by atoms with van der Waals surface area (Å²) in [4.78, 5) is 29.3. The van der Waals surface area contributed by atoms with Gasteiger partial charge < -0.3 is 4.90 Å². The molecular weight excluding hydrogens is 409 g/mol. The third-order valence-corrected chi connectivity index (χ3v) is 5.47. The second-order valence-corrected chi connectivity index (χ2v) is 7.40. The van der Waals surface area contributed by atoms with Crippen LogP contribution in [0.5, 0.6) is 0 Å². The topological polar surface area (TPSA) is 74.2 Å². The number of carbonyl (C=O) groups excluding carboxylic acids is 1. The number of nitrogens with zero attached hydrogens (tertiary/aromatic N) is 5. The van der Waals surface area contributed by atoms with Crippen molar-refractivity contribution in [3.05, 3.63) is 60.6 Å². The molecule has 0 unspecified atom stereocenters. The zero-order chi connectivity index (χ0) is 21.6. The van der Waals surface area contributed by atoms with Crippen LogP contribution in [0.1, 0.15) is 12.0 Å². The number of carbonyl (C=O) groups is 1. The normalized spacial score (nSPS) is 17.5. The smallest absolute Gasteiger partial charge is 0.366 e. The van der Waals surface area contributed by atoms with Gasteiger partial charge in [-0.15, -0.1) is 0 Å². The van der Waals surface area contributed by atoms with E-state index >= 15 is 0 Å². The molecule has 2 amide bonds. The summed E-state index contributed by atoms with van der Waals surface area (Å²) in [6.45, 7) is 1.45. The minimum Gasteiger partial charge on any atom is -0.366 e. The Morgan fingerprint density at radius 3 is 2.81 bits per heavy atom. The maximum atomic E-state index is 13.1. The van der Waals surface area contributed by atoms with Gasteiger partial charge in [0.2, 0.25) is 0 Å². The minimum atomic E-state index is -4.45. The van der Waals surface area contributed by atoms with Crippen LogP contribution in [0.2, 0.25) is 0 Å². The lowest BCUT2D eigenvalue weighted by molar-refractivity contribution is -0.137. The molecule has 2 aliphatic heterocycles. The van der Waals surface area contributed by atoms with E-state index in [9.17, 15) is 18.0 Å². The van der Waals surface area contributed by atoms with Crippen molar-refractivity contribution < 1.29 is 18.0 Å². The third-order valence-electron chi connectivity index (χ3n) is 5.47. The van der Waals surface area contributed by atoms with Gasteiger partial charge in [-0.3, -0.25) is 10.2 Å². The molecule has 1 fully saturated rings. The summed E-state index contributed by atoms with van der Waals surface area (Å²) < 4.78 is 39.4. The molecule has 2 aliphatic rings. The van der Waals surface area contributed by atoms with Crippen molar-refractivity contribution in [1.82, 2.24) is 15.0 Å². The van der Waals surface area contributed by atoms with Crippen LogP contribution in [0.4, 0.5) is 35.3 Å². The first-order chi connectivity index (χ1) is 14.9. The molecule has 0 spiro atoms. The fourth-order valence-corrected chi connectivity index (χ4v) is 4.02. The van der Waals surface area contributed by atoms with Crippen molar-refractivity contribution in [1.29, 1.82) is 0 Å². The van der Waals surface area contributed by atoms with Gasteiger partial charge in [0, 0.05) is 24.8 Å². The van der Waals surface area contributed by atoms with E-state index in [-0.39, 0.29) is 12.1 Å². The van der Waals surface area contributed by atoms with Gasteiger partial charge >= 0.3 is 12.2 Å². The van der Waals surface area contributed by atoms with Crippen LogP contribution in [0.25, 0.3) is 11.3 Å². The molecule has 0 aliphatic carbocycles. The van der Waals surface area contributed by atoms with Gasteiger partial charge in [0.05, 0.1) is 23.0 Å². The number of aromatic nitrogens is 3. The molecule has 10 heteroatoms. The number of amides is 2. The fraction of sp³-hybridized carbons (Fsp3) is 0.238. The largest absolute Gasteiger partial charge is 0.416 e. The molecule has 1 aromatic carbocycles. The van der Waals surface area contributed by atoms with Crippen molar-refractivity contribution in [3.63, 3.8) is 0 Å². The Kier molecular flexibility index (Phi) is 4.49. The highest BCUT2D eigenvalue weighted by Gasteiger charge is 2.40. The Hall–Kier alpha value is -3.69. The molecule has 1 saturated heterocycles. The lowest BCUT2D eigenvalue weighted by Gasteiger charge is -2.35. The van der Waals surface area contributed by atoms with Gasteiger partial charge in [0.25, 0.3) is 0 Å². The van der Waals surface area contributed by atoms with Gasteiger partial charge in [0.15, 0.2) is 5.82 Å². The third kappa shape index (κ3) is 3.54. The van der Waals surface area contributed by atoms with E-state index in [1.54, 1.807) is 23.1 Å². The van der Waals surface area contributed by atoms with E-state index < -0.39 is 11.7 Å². The first-order valence-corrected chi connectivity index (χ1v) is 9.70. The first-order valence-electron chi connectivity index (χ1n) is 9.70. The first kappa shape index (κ1) is 19.3. The second kappa shape index (κ2) is 7.22. The molecule has 2 bridgehead atoms. The predicted molar refractivity (Wildman–Crippen MR) is 109 cm³/mol. The van der Waals surface area contributed by atoms with Crippen molar-refractivity contribution in [2.45, 2.75) is 18.6 Å². The number of benzene rings is 1. The zero-order valence-corrected chi connectivity index (χ0v) is 16.2. The van der Waals surface area contributed by atoms with E-state index in [0.29, 0.717) is 29.4 Å². The molecule has 5 rings (SSSR count). The number of urea groups is 1. The van der Waals surface area contributed by atoms with Crippen molar-refractivity contribution in [2.75, 3.05) is 28.2 Å². The Morgan fingerprint density at radius 1 is 1.16 bits per heavy atom. The summed E-state index contributed by atoms with van der Waals surface area (Å²) in [5.41, 5.74) is 0.739. The monoisotopic (exact) mass is 426 g/mol. The molecule has 7 nitrogen and oxygen atoms in total. The van der Waals surface area contributed by atoms with Crippen molar-refractivity contribution >= 4 is 23.4 Å². The highest BCUT2D eigenvalue weighted by atomic mass is 19.4. The van der Waals surface area contributed by atoms with Gasteiger partial charge in [-0.25, -0.2) is 19.7 Å². The maximum absolute atomic E-state index is 13.1. The lowest BCUT2D eigenvalue weighted by Crippen LogP contribution is -2.48. The zero-order valence-electron chi connectivity index (χ0n) is 16.2. The number of rotatable bonds is 2. The number of hydrogen-bond acceptors (Lipinski definition) is 5. The van der Waals surface area contributed by atoms with E-state index in [1.807, 2.05) is 6.07 Å².